The molecule has 0 aromatic carbocycles. The highest BCUT2D eigenvalue weighted by atomic mass is 32.1. The highest BCUT2D eigenvalue weighted by Gasteiger charge is 2.34. The van der Waals surface area contributed by atoms with Crippen molar-refractivity contribution in [1.29, 1.82) is 0 Å². The lowest BCUT2D eigenvalue weighted by Gasteiger charge is -2.40. The van der Waals surface area contributed by atoms with E-state index in [4.69, 9.17) is 22.7 Å². The number of nitrogens with one attached hydrogen (secondary N) is 1. The first-order chi connectivity index (χ1) is 9.60. The molecule has 1 unspecified atom stereocenters. The molecule has 0 bridgehead atoms. The average Bonchev–Trinajstić information content (AvgIpc) is 2.47. The van der Waals surface area contributed by atoms with Crippen molar-refractivity contribution in [3.8, 4) is 0 Å². The third kappa shape index (κ3) is 3.27. The maximum Gasteiger partial charge on any atom is 0.106 e. The average molecular weight is 293 g/mol. The normalized spacial score (nSPS) is 21.4. The molecule has 2 heterocycles. The summed E-state index contributed by atoms with van der Waals surface area (Å²) in [5.74, 6) is 0. The molecule has 3 N–H and O–H groups in total. The van der Waals surface area contributed by atoms with E-state index in [9.17, 15) is 0 Å². The van der Waals surface area contributed by atoms with Gasteiger partial charge in [-0.2, -0.15) is 0 Å². The van der Waals surface area contributed by atoms with Crippen LogP contribution in [0.3, 0.4) is 0 Å². The Kier molecular flexibility index (Phi) is 4.94. The Morgan fingerprint density at radius 1 is 1.55 bits per heavy atom. The van der Waals surface area contributed by atoms with Crippen LogP contribution in [0.4, 0.5) is 5.69 Å². The van der Waals surface area contributed by atoms with E-state index in [0.717, 1.165) is 43.5 Å². The van der Waals surface area contributed by atoms with E-state index < -0.39 is 0 Å². The van der Waals surface area contributed by atoms with Gasteiger partial charge in [0.15, 0.2) is 0 Å². The molecule has 110 valence electrons. The van der Waals surface area contributed by atoms with Gasteiger partial charge in [-0.25, -0.2) is 0 Å². The van der Waals surface area contributed by atoms with Crippen LogP contribution in [-0.2, 0) is 4.74 Å². The molecule has 1 fully saturated rings. The standard InChI is InChI=1S/C15H23N3OS/c1-3-15(4-2)9-11(6-8-19-15)18-13-10-17-7-5-12(13)14(16)20/h5,7,10-11,18H,3-4,6,8-9H2,1-2H3,(H2,16,20). The molecule has 0 aliphatic carbocycles. The molecule has 0 amide bonds. The van der Waals surface area contributed by atoms with Crippen molar-refractivity contribution in [2.75, 3.05) is 11.9 Å². The first kappa shape index (κ1) is 15.2. The largest absolute Gasteiger partial charge is 0.389 e. The summed E-state index contributed by atoms with van der Waals surface area (Å²) in [5, 5.41) is 3.54. The number of aromatic nitrogens is 1. The molecule has 1 aromatic rings. The lowest BCUT2D eigenvalue weighted by atomic mass is 9.86. The maximum absolute atomic E-state index is 6.00. The summed E-state index contributed by atoms with van der Waals surface area (Å²) < 4.78 is 6.00. The molecule has 5 heteroatoms. The lowest BCUT2D eigenvalue weighted by molar-refractivity contribution is -0.0864. The first-order valence-corrected chi connectivity index (χ1v) is 7.65. The van der Waals surface area contributed by atoms with Crippen molar-refractivity contribution in [3.63, 3.8) is 0 Å². The molecule has 4 nitrogen and oxygen atoms in total. The van der Waals surface area contributed by atoms with Gasteiger partial charge in [0.25, 0.3) is 0 Å². The molecule has 0 radical (unpaired) electrons. The molecular weight excluding hydrogens is 270 g/mol. The van der Waals surface area contributed by atoms with Crippen LogP contribution in [0.15, 0.2) is 18.5 Å². The van der Waals surface area contributed by atoms with Gasteiger partial charge in [-0.05, 0) is 31.7 Å². The minimum absolute atomic E-state index is 0.00150. The Bertz CT molecular complexity index is 474. The highest BCUT2D eigenvalue weighted by Crippen LogP contribution is 2.33. The predicted octanol–water partition coefficient (Wildman–Crippen LogP) is 2.87. The topological polar surface area (TPSA) is 60.2 Å². The second kappa shape index (κ2) is 6.50. The Hall–Kier alpha value is -1.20. The summed E-state index contributed by atoms with van der Waals surface area (Å²) in [6.07, 6.45) is 7.59. The Morgan fingerprint density at radius 2 is 2.30 bits per heavy atom. The number of anilines is 1. The van der Waals surface area contributed by atoms with E-state index in [1.165, 1.54) is 0 Å². The molecule has 1 aromatic heterocycles. The Labute approximate surface area is 126 Å². The zero-order chi connectivity index (χ0) is 14.6. The summed E-state index contributed by atoms with van der Waals surface area (Å²) in [4.78, 5) is 4.56. The number of nitrogens with two attached hydrogens (primary N) is 1. The van der Waals surface area contributed by atoms with Crippen LogP contribution in [-0.4, -0.2) is 28.2 Å². The number of rotatable bonds is 5. The van der Waals surface area contributed by atoms with Crippen molar-refractivity contribution in [2.45, 2.75) is 51.2 Å². The number of hydrogen-bond donors (Lipinski definition) is 2. The van der Waals surface area contributed by atoms with Gasteiger partial charge in [0, 0.05) is 24.4 Å². The van der Waals surface area contributed by atoms with Gasteiger partial charge < -0.3 is 15.8 Å². The van der Waals surface area contributed by atoms with Crippen LogP contribution >= 0.6 is 12.2 Å². The molecular formula is C15H23N3OS. The van der Waals surface area contributed by atoms with Crippen LogP contribution in [0.25, 0.3) is 0 Å². The minimum Gasteiger partial charge on any atom is -0.389 e. The molecule has 1 aliphatic rings. The van der Waals surface area contributed by atoms with Gasteiger partial charge in [0.05, 0.1) is 17.5 Å². The smallest absolute Gasteiger partial charge is 0.106 e. The van der Waals surface area contributed by atoms with Gasteiger partial charge in [0.2, 0.25) is 0 Å². The number of thiocarbonyl (C=S) groups is 1. The fourth-order valence-corrected chi connectivity index (χ4v) is 3.02. The molecule has 2 rings (SSSR count). The maximum atomic E-state index is 6.00. The van der Waals surface area contributed by atoms with E-state index in [0.29, 0.717) is 11.0 Å². The predicted molar refractivity (Wildman–Crippen MR) is 86.0 cm³/mol. The van der Waals surface area contributed by atoms with Gasteiger partial charge in [-0.3, -0.25) is 4.98 Å². The van der Waals surface area contributed by atoms with E-state index >= 15 is 0 Å². The number of ether oxygens (including phenoxy) is 1. The SMILES string of the molecule is CCC1(CC)CC(Nc2cnccc2C(N)=S)CCO1. The third-order valence-corrected chi connectivity index (χ3v) is 4.45. The number of hydrogen-bond acceptors (Lipinski definition) is 4. The van der Waals surface area contributed by atoms with Crippen LogP contribution < -0.4 is 11.1 Å². The third-order valence-electron chi connectivity index (χ3n) is 4.23. The van der Waals surface area contributed by atoms with Crippen molar-refractivity contribution in [3.05, 3.63) is 24.0 Å². The zero-order valence-electron chi connectivity index (χ0n) is 12.2. The lowest BCUT2D eigenvalue weighted by Crippen LogP contribution is -2.43. The van der Waals surface area contributed by atoms with Crippen molar-refractivity contribution >= 4 is 22.9 Å². The minimum atomic E-state index is 0.00150. The molecule has 20 heavy (non-hydrogen) atoms. The van der Waals surface area contributed by atoms with Gasteiger partial charge in [0.1, 0.15) is 4.99 Å². The monoisotopic (exact) mass is 293 g/mol. The van der Waals surface area contributed by atoms with Crippen LogP contribution in [0.1, 0.15) is 45.1 Å². The Balaban J connectivity index is 2.12. The van der Waals surface area contributed by atoms with Crippen LogP contribution in [0.2, 0.25) is 0 Å². The van der Waals surface area contributed by atoms with E-state index in [-0.39, 0.29) is 5.60 Å². The highest BCUT2D eigenvalue weighted by molar-refractivity contribution is 7.80. The molecule has 1 aliphatic heterocycles. The molecule has 0 saturated carbocycles. The van der Waals surface area contributed by atoms with Crippen molar-refractivity contribution < 1.29 is 4.74 Å². The van der Waals surface area contributed by atoms with Crippen LogP contribution in [0.5, 0.6) is 0 Å². The second-order valence-corrected chi connectivity index (χ2v) is 5.80. The van der Waals surface area contributed by atoms with Crippen LogP contribution in [0, 0.1) is 0 Å². The van der Waals surface area contributed by atoms with Gasteiger partial charge in [-0.1, -0.05) is 26.1 Å². The van der Waals surface area contributed by atoms with E-state index in [1.807, 2.05) is 6.07 Å². The zero-order valence-corrected chi connectivity index (χ0v) is 13.0. The first-order valence-electron chi connectivity index (χ1n) is 7.24. The summed E-state index contributed by atoms with van der Waals surface area (Å²) >= 11 is 5.09. The second-order valence-electron chi connectivity index (χ2n) is 5.36. The van der Waals surface area contributed by atoms with Crippen molar-refractivity contribution in [2.24, 2.45) is 5.73 Å². The number of nitrogens with zero attached hydrogens (tertiary/aromatic N) is 1. The van der Waals surface area contributed by atoms with Gasteiger partial charge >= 0.3 is 0 Å². The van der Waals surface area contributed by atoms with E-state index in [1.54, 1.807) is 12.4 Å². The summed E-state index contributed by atoms with van der Waals surface area (Å²) in [7, 11) is 0. The van der Waals surface area contributed by atoms with E-state index in [2.05, 4.69) is 24.1 Å². The Morgan fingerprint density at radius 3 is 2.95 bits per heavy atom. The van der Waals surface area contributed by atoms with Gasteiger partial charge in [-0.15, -0.1) is 0 Å². The van der Waals surface area contributed by atoms with Crippen molar-refractivity contribution in [1.82, 2.24) is 4.98 Å². The molecule has 1 saturated heterocycles. The summed E-state index contributed by atoms with van der Waals surface area (Å²) in [5.41, 5.74) is 7.55. The fraction of sp³-hybridized carbons (Fsp3) is 0.600. The molecule has 1 atom stereocenters. The fourth-order valence-electron chi connectivity index (χ4n) is 2.84. The summed E-state index contributed by atoms with van der Waals surface area (Å²) in [6.45, 7) is 5.18. The quantitative estimate of drug-likeness (QED) is 0.818. The summed E-state index contributed by atoms with van der Waals surface area (Å²) in [6, 6.07) is 2.23. The number of pyridine rings is 1. The molecule has 0 spiro atoms.